The minimum Gasteiger partial charge on any atom is -0.479 e. The number of nitrogens with zero attached hydrogens (tertiary/aromatic N) is 4. The first-order chi connectivity index (χ1) is 51.8. The first-order valence-corrected chi connectivity index (χ1v) is 38.6. The Labute approximate surface area is 665 Å². The summed E-state index contributed by atoms with van der Waals surface area (Å²) in [5.74, 6) is -7.88. The molecule has 8 saturated heterocycles. The molecule has 19 nitrogen and oxygen atoms in total. The van der Waals surface area contributed by atoms with Crippen LogP contribution >= 0.6 is 58.0 Å². The van der Waals surface area contributed by atoms with Crippen LogP contribution < -0.4 is 5.32 Å². The zero-order valence-corrected chi connectivity index (χ0v) is 67.3. The fourth-order valence-electron chi connectivity index (χ4n) is 15.2. The molecule has 110 heavy (non-hydrogen) atoms. The number of hydrogen-bond acceptors (Lipinski definition) is 17. The van der Waals surface area contributed by atoms with Gasteiger partial charge in [-0.05, 0) is 156 Å². The van der Waals surface area contributed by atoms with Gasteiger partial charge >= 0.3 is 29.8 Å². The maximum Gasteiger partial charge on any atom is 0.345 e. The number of Topliss-reactive ketones (excluding diaryl/α,β-unsaturated/α-hetero) is 1. The van der Waals surface area contributed by atoms with Crippen molar-refractivity contribution >= 4 is 93.6 Å². The number of aliphatic carboxylic acids is 2. The van der Waals surface area contributed by atoms with E-state index in [1.807, 2.05) is 56.2 Å². The Morgan fingerprint density at radius 2 is 0.673 bits per heavy atom. The number of methoxy groups -OCH3 is 3. The third-order valence-corrected chi connectivity index (χ3v) is 23.1. The van der Waals surface area contributed by atoms with Gasteiger partial charge in [0.15, 0.2) is 0 Å². The van der Waals surface area contributed by atoms with Crippen molar-refractivity contribution in [2.75, 3.05) is 126 Å². The van der Waals surface area contributed by atoms with E-state index < -0.39 is 87.8 Å². The number of carboxylic acid groups (broad SMARTS) is 2. The van der Waals surface area contributed by atoms with Crippen molar-refractivity contribution in [3.63, 3.8) is 0 Å². The molecule has 0 bridgehead atoms. The normalized spacial score (nSPS) is 28.2. The molecule has 0 amide bonds. The highest BCUT2D eigenvalue weighted by molar-refractivity contribution is 6.31. The minimum absolute atomic E-state index is 0.0209. The zero-order valence-electron chi connectivity index (χ0n) is 63.5. The number of carboxylic acids is 2. The van der Waals surface area contributed by atoms with Gasteiger partial charge < -0.3 is 44.0 Å². The summed E-state index contributed by atoms with van der Waals surface area (Å²) >= 11 is 29.3. The Hall–Kier alpha value is -6.10. The van der Waals surface area contributed by atoms with Crippen LogP contribution in [0, 0.1) is 0 Å². The van der Waals surface area contributed by atoms with Gasteiger partial charge in [0.25, 0.3) is 0 Å². The summed E-state index contributed by atoms with van der Waals surface area (Å²) in [6, 6.07) is 34.8. The molecule has 8 aliphatic rings. The summed E-state index contributed by atoms with van der Waals surface area (Å²) in [6.07, 6.45) is 4.63. The zero-order chi connectivity index (χ0) is 80.7. The lowest BCUT2D eigenvalue weighted by atomic mass is 9.86. The number of esters is 3. The second kappa shape index (κ2) is 38.8. The van der Waals surface area contributed by atoms with Gasteiger partial charge in [-0.3, -0.25) is 24.4 Å². The lowest BCUT2D eigenvalue weighted by molar-refractivity contribution is -0.155. The van der Waals surface area contributed by atoms with Crippen LogP contribution in [0.1, 0.15) is 137 Å². The van der Waals surface area contributed by atoms with Crippen LogP contribution in [0.2, 0.25) is 25.1 Å². The molecule has 13 rings (SSSR count). The molecule has 0 unspecified atom stereocenters. The number of alkyl halides is 5. The van der Waals surface area contributed by atoms with Crippen molar-refractivity contribution in [2.24, 2.45) is 0 Å². The molecule has 0 aliphatic carbocycles. The second-order valence-electron chi connectivity index (χ2n) is 30.8. The third-order valence-electron chi connectivity index (χ3n) is 21.9. The minimum atomic E-state index is -2.26. The predicted molar refractivity (Wildman–Crippen MR) is 413 cm³/mol. The van der Waals surface area contributed by atoms with Crippen molar-refractivity contribution < 1.29 is 89.4 Å². The number of carbonyl (C=O) groups is 6. The van der Waals surface area contributed by atoms with Gasteiger partial charge in [0.1, 0.15) is 5.78 Å². The first kappa shape index (κ1) is 89.5. The van der Waals surface area contributed by atoms with Gasteiger partial charge in [-0.1, -0.05) is 119 Å². The van der Waals surface area contributed by atoms with Gasteiger partial charge in [-0.15, -0.1) is 0 Å². The van der Waals surface area contributed by atoms with Crippen molar-refractivity contribution in [3.05, 3.63) is 174 Å². The highest BCUT2D eigenvalue weighted by Gasteiger charge is 2.60. The molecule has 0 aromatic heterocycles. The number of halogens is 10. The Morgan fingerprint density at radius 3 is 0.982 bits per heavy atom. The van der Waals surface area contributed by atoms with Gasteiger partial charge in [-0.2, -0.15) is 0 Å². The summed E-state index contributed by atoms with van der Waals surface area (Å²) in [7, 11) is 3.66. The van der Waals surface area contributed by atoms with Crippen molar-refractivity contribution in [1.82, 2.24) is 24.9 Å². The monoisotopic (exact) mass is 1640 g/mol. The van der Waals surface area contributed by atoms with E-state index >= 15 is 13.2 Å². The molecule has 3 N–H and O–H groups in total. The van der Waals surface area contributed by atoms with Crippen LogP contribution in [0.5, 0.6) is 0 Å². The van der Waals surface area contributed by atoms with Gasteiger partial charge in [0.05, 0.1) is 34.5 Å². The maximum absolute atomic E-state index is 15.6. The molecule has 0 radical (unpaired) electrons. The van der Waals surface area contributed by atoms with Crippen molar-refractivity contribution in [2.45, 2.75) is 161 Å². The SMILES string of the molecule is CC(C)(C)N1C[C@@H](c2ccc(Cl)cc2)[C@](F)(C(=O)O)C1.COC(=O)[C@]1(F)CN(C(C)(C)C)C[C@H]1c1ccc(Cl)cc1.COC(=O)[C@]1(F)CN(C2CCOCC2)C[C@H]1c1ccc(Cl)cc1.COC(=O)[C@]1(F)CNC[C@H]1c1ccc(Cl)cc1.O=C(O)[C@]1(F)CN(C2CCOCC2)C[C@H]1c1ccc(Cl)cc1.O=C1CCOCC1. The molecule has 29 heteroatoms. The molecule has 8 fully saturated rings. The maximum atomic E-state index is 15.6. The van der Waals surface area contributed by atoms with Crippen LogP contribution in [0.25, 0.3) is 0 Å². The Morgan fingerprint density at radius 1 is 0.409 bits per heavy atom. The van der Waals surface area contributed by atoms with E-state index in [9.17, 15) is 47.8 Å². The molecule has 8 aliphatic heterocycles. The lowest BCUT2D eigenvalue weighted by Gasteiger charge is -2.31. The van der Waals surface area contributed by atoms with E-state index in [1.165, 1.54) is 21.3 Å². The molecule has 8 heterocycles. The number of benzene rings is 5. The number of nitrogens with one attached hydrogen (secondary N) is 1. The van der Waals surface area contributed by atoms with E-state index in [0.717, 1.165) is 42.4 Å². The second-order valence-corrected chi connectivity index (χ2v) is 33.0. The number of ether oxygens (including phenoxy) is 6. The average molecular weight is 1640 g/mol. The highest BCUT2D eigenvalue weighted by atomic mass is 35.5. The van der Waals surface area contributed by atoms with Crippen LogP contribution in [0.4, 0.5) is 22.0 Å². The molecule has 5 aromatic rings. The first-order valence-electron chi connectivity index (χ1n) is 36.7. The van der Waals surface area contributed by atoms with Gasteiger partial charge in [0.2, 0.25) is 28.3 Å². The molecule has 5 aromatic carbocycles. The summed E-state index contributed by atoms with van der Waals surface area (Å²) in [5, 5.41) is 24.5. The summed E-state index contributed by atoms with van der Waals surface area (Å²) < 4.78 is 105. The topological polar surface area (TPSA) is 223 Å². The van der Waals surface area contributed by atoms with Crippen molar-refractivity contribution in [3.8, 4) is 0 Å². The lowest BCUT2D eigenvalue weighted by Crippen LogP contribution is -2.45. The highest BCUT2D eigenvalue weighted by Crippen LogP contribution is 2.47. The molecule has 604 valence electrons. The molecular formula is C81H101Cl5F5N5O14. The Bertz CT molecular complexity index is 3870. The average Bonchev–Trinajstić information content (AvgIpc) is 1.62. The largest absolute Gasteiger partial charge is 0.479 e. The summed E-state index contributed by atoms with van der Waals surface area (Å²) in [6.45, 7) is 17.9. The number of likely N-dealkylation sites (tertiary alicyclic amines) is 4. The molecule has 0 saturated carbocycles. The quantitative estimate of drug-likeness (QED) is 0.0600. The fourth-order valence-corrected chi connectivity index (χ4v) is 15.8. The van der Waals surface area contributed by atoms with Crippen LogP contribution in [0.3, 0.4) is 0 Å². The van der Waals surface area contributed by atoms with E-state index in [-0.39, 0.29) is 55.9 Å². The van der Waals surface area contributed by atoms with E-state index in [0.29, 0.717) is 127 Å². The Balaban J connectivity index is 0.000000169. The van der Waals surface area contributed by atoms with E-state index in [4.69, 9.17) is 81.7 Å². The third kappa shape index (κ3) is 22.1. The van der Waals surface area contributed by atoms with Gasteiger partial charge in [0, 0.05) is 183 Å². The standard InChI is InChI=1S/C17H21ClFNO3.C16H19ClFNO3.C16H21ClFNO2.C15H19ClFNO2.C12H13ClFNO2.C5H8O2/c1-22-16(21)17(19)11-20(14-6-8-23-9-7-14)10-15(17)12-2-4-13(18)5-3-12;17-12-3-1-11(2-4-12)14-9-19(10-16(14,18)15(20)21)13-5-7-22-8-6-13;1-15(2,3)19-9-13(11-5-7-12(17)8-6-11)16(18,10-19)14(20)21-4;1-14(2,3)18-8-12(15(17,9-18)13(19)20)10-4-6-11(16)7-5-10;1-17-11(16)12(14)7-15-6-10(12)8-2-4-9(13)5-3-8;6-5-1-3-7-4-2-5/h2-5,14-15H,6-11H2,1H3;1-4,13-14H,5-10H2,(H,20,21);5-8,13H,9-10H2,1-4H3;4-7,12H,8-9H2,1-3H3,(H,19,20);2-5,10,15H,6-7H2,1H3;1-4H2/t15-,17-;14-,16-;13-,16-;12-,15-;10-,12-;/m00000./s1. The Kier molecular flexibility index (Phi) is 31.6. The van der Waals surface area contributed by atoms with Gasteiger partial charge in [-0.25, -0.2) is 45.9 Å². The molecule has 10 atom stereocenters. The number of carbonyl (C=O) groups excluding carboxylic acids is 4. The molecule has 0 spiro atoms. The van der Waals surface area contributed by atoms with Crippen molar-refractivity contribution in [1.29, 1.82) is 0 Å². The fraction of sp³-hybridized carbons (Fsp3) is 0.556. The van der Waals surface area contributed by atoms with E-state index in [2.05, 4.69) is 15.0 Å². The van der Waals surface area contributed by atoms with E-state index in [1.54, 1.807) is 121 Å². The smallest absolute Gasteiger partial charge is 0.345 e. The number of rotatable bonds is 12. The van der Waals surface area contributed by atoms with Crippen LogP contribution in [-0.2, 0) is 57.2 Å². The van der Waals surface area contributed by atoms with Crippen LogP contribution in [-0.4, -0.2) is 243 Å². The predicted octanol–water partition coefficient (Wildman–Crippen LogP) is 14.5. The summed E-state index contributed by atoms with van der Waals surface area (Å²) in [4.78, 5) is 76.9. The van der Waals surface area contributed by atoms with Crippen LogP contribution in [0.15, 0.2) is 121 Å². The summed E-state index contributed by atoms with van der Waals surface area (Å²) in [5.41, 5.74) is -7.43. The number of hydrogen-bond donors (Lipinski definition) is 3. The molecular weight excluding hydrogens is 1540 g/mol. The number of ketones is 1.